The zero-order chi connectivity index (χ0) is 19.7. The van der Waals surface area contributed by atoms with E-state index in [9.17, 15) is 9.59 Å². The van der Waals surface area contributed by atoms with Crippen LogP contribution in [0.2, 0.25) is 0 Å². The van der Waals surface area contributed by atoms with Crippen LogP contribution in [0.3, 0.4) is 0 Å². The summed E-state index contributed by atoms with van der Waals surface area (Å²) in [6, 6.07) is 7.22. The average molecular weight is 399 g/mol. The normalized spacial score (nSPS) is 13.6. The van der Waals surface area contributed by atoms with Crippen molar-refractivity contribution < 1.29 is 4.74 Å². The molecule has 2 heterocycles. The number of aromatic nitrogens is 2. The molecule has 0 saturated heterocycles. The van der Waals surface area contributed by atoms with Gasteiger partial charge in [0.25, 0.3) is 5.56 Å². The second kappa shape index (κ2) is 7.95. The summed E-state index contributed by atoms with van der Waals surface area (Å²) >= 11 is 1.65. The first kappa shape index (κ1) is 19.0. The lowest BCUT2D eigenvalue weighted by Gasteiger charge is -2.13. The van der Waals surface area contributed by atoms with Crippen LogP contribution in [0.1, 0.15) is 50.0 Å². The first-order valence-corrected chi connectivity index (χ1v) is 11.0. The second-order valence-corrected chi connectivity index (χ2v) is 8.33. The molecule has 6 heteroatoms. The van der Waals surface area contributed by atoms with Crippen LogP contribution < -0.4 is 16.0 Å². The molecule has 0 atom stereocenters. The molecule has 1 aliphatic carbocycles. The van der Waals surface area contributed by atoms with Crippen LogP contribution in [-0.2, 0) is 19.4 Å². The highest BCUT2D eigenvalue weighted by Gasteiger charge is 2.23. The molecule has 0 unspecified atom stereocenters. The summed E-state index contributed by atoms with van der Waals surface area (Å²) in [6.45, 7) is 5.27. The molecule has 1 aliphatic rings. The third-order valence-electron chi connectivity index (χ3n) is 5.38. The third-order valence-corrected chi connectivity index (χ3v) is 6.69. The van der Waals surface area contributed by atoms with Gasteiger partial charge in [-0.15, -0.1) is 11.3 Å². The standard InChI is InChI=1S/C22H26N2O3S/c1-3-5-14-23-21-19(17-8-6-7-9-18(17)28-21)20(25)24(22(23)26)15-10-12-16(13-11-15)27-4-2/h10-13H,3-9,14H2,1-2H3. The van der Waals surface area contributed by atoms with Crippen molar-refractivity contribution in [2.45, 2.75) is 58.9 Å². The minimum atomic E-state index is -0.242. The molecule has 28 heavy (non-hydrogen) atoms. The van der Waals surface area contributed by atoms with E-state index in [0.29, 0.717) is 18.8 Å². The summed E-state index contributed by atoms with van der Waals surface area (Å²) in [5.41, 5.74) is 1.34. The first-order valence-electron chi connectivity index (χ1n) is 10.2. The minimum Gasteiger partial charge on any atom is -0.494 e. The monoisotopic (exact) mass is 398 g/mol. The zero-order valence-electron chi connectivity index (χ0n) is 16.5. The summed E-state index contributed by atoms with van der Waals surface area (Å²) < 4.78 is 8.66. The number of hydrogen-bond acceptors (Lipinski definition) is 4. The fourth-order valence-electron chi connectivity index (χ4n) is 3.97. The van der Waals surface area contributed by atoms with Gasteiger partial charge < -0.3 is 4.74 Å². The Kier molecular flexibility index (Phi) is 5.40. The van der Waals surface area contributed by atoms with E-state index >= 15 is 0 Å². The molecule has 5 nitrogen and oxygen atoms in total. The molecule has 0 N–H and O–H groups in total. The van der Waals surface area contributed by atoms with E-state index in [1.54, 1.807) is 23.5 Å². The van der Waals surface area contributed by atoms with E-state index in [0.717, 1.165) is 54.5 Å². The minimum absolute atomic E-state index is 0.184. The molecule has 0 spiro atoms. The summed E-state index contributed by atoms with van der Waals surface area (Å²) in [5.74, 6) is 0.736. The van der Waals surface area contributed by atoms with Crippen LogP contribution in [0, 0.1) is 0 Å². The van der Waals surface area contributed by atoms with Gasteiger partial charge in [0, 0.05) is 11.4 Å². The number of hydrogen-bond donors (Lipinski definition) is 0. The molecule has 0 amide bonds. The van der Waals surface area contributed by atoms with E-state index < -0.39 is 0 Å². The molecule has 0 saturated carbocycles. The Morgan fingerprint density at radius 2 is 1.82 bits per heavy atom. The summed E-state index contributed by atoms with van der Waals surface area (Å²) in [7, 11) is 0. The number of fused-ring (bicyclic) bond motifs is 3. The van der Waals surface area contributed by atoms with Gasteiger partial charge in [-0.1, -0.05) is 13.3 Å². The Balaban J connectivity index is 1.97. The van der Waals surface area contributed by atoms with Crippen molar-refractivity contribution >= 4 is 21.6 Å². The summed E-state index contributed by atoms with van der Waals surface area (Å²) in [4.78, 5) is 28.9. The molecule has 0 fully saturated rings. The second-order valence-electron chi connectivity index (χ2n) is 7.25. The molecule has 0 aliphatic heterocycles. The van der Waals surface area contributed by atoms with Crippen molar-refractivity contribution in [1.29, 1.82) is 0 Å². The van der Waals surface area contributed by atoms with Crippen molar-refractivity contribution in [1.82, 2.24) is 9.13 Å². The lowest BCUT2D eigenvalue weighted by Crippen LogP contribution is -2.38. The van der Waals surface area contributed by atoms with Crippen LogP contribution in [0.15, 0.2) is 33.9 Å². The highest BCUT2D eigenvalue weighted by atomic mass is 32.1. The van der Waals surface area contributed by atoms with Crippen LogP contribution >= 0.6 is 11.3 Å². The van der Waals surface area contributed by atoms with Gasteiger partial charge in [0.1, 0.15) is 10.6 Å². The van der Waals surface area contributed by atoms with E-state index in [1.807, 2.05) is 23.6 Å². The third kappa shape index (κ3) is 3.20. The predicted molar refractivity (Wildman–Crippen MR) is 114 cm³/mol. The lowest BCUT2D eigenvalue weighted by molar-refractivity contribution is 0.340. The summed E-state index contributed by atoms with van der Waals surface area (Å²) in [6.07, 6.45) is 6.13. The molecule has 0 radical (unpaired) electrons. The molecule has 3 aromatic rings. The number of unbranched alkanes of at least 4 members (excludes halogenated alkanes) is 1. The Morgan fingerprint density at radius 3 is 2.54 bits per heavy atom. The smallest absolute Gasteiger partial charge is 0.336 e. The zero-order valence-corrected chi connectivity index (χ0v) is 17.3. The number of ether oxygens (including phenoxy) is 1. The molecule has 1 aromatic carbocycles. The Bertz CT molecular complexity index is 1110. The van der Waals surface area contributed by atoms with Crippen molar-refractivity contribution in [2.75, 3.05) is 6.61 Å². The topological polar surface area (TPSA) is 53.2 Å². The Hall–Kier alpha value is -2.34. The molecular weight excluding hydrogens is 372 g/mol. The van der Waals surface area contributed by atoms with Crippen molar-refractivity contribution in [3.63, 3.8) is 0 Å². The van der Waals surface area contributed by atoms with Gasteiger partial charge in [0.05, 0.1) is 17.7 Å². The molecule has 148 valence electrons. The lowest BCUT2D eigenvalue weighted by atomic mass is 9.97. The number of benzene rings is 1. The fraction of sp³-hybridized carbons (Fsp3) is 0.455. The van der Waals surface area contributed by atoms with E-state index in [1.165, 1.54) is 15.0 Å². The average Bonchev–Trinajstić information content (AvgIpc) is 3.09. The van der Waals surface area contributed by atoms with Gasteiger partial charge in [-0.2, -0.15) is 0 Å². The molecule has 4 rings (SSSR count). The maximum atomic E-state index is 13.4. The van der Waals surface area contributed by atoms with Crippen molar-refractivity contribution in [3.8, 4) is 11.4 Å². The number of rotatable bonds is 6. The molecule has 0 bridgehead atoms. The van der Waals surface area contributed by atoms with E-state index in [2.05, 4.69) is 6.92 Å². The maximum absolute atomic E-state index is 13.4. The highest BCUT2D eigenvalue weighted by Crippen LogP contribution is 2.34. The quantitative estimate of drug-likeness (QED) is 0.622. The van der Waals surface area contributed by atoms with Gasteiger partial charge >= 0.3 is 5.69 Å². The first-order chi connectivity index (χ1) is 13.7. The fourth-order valence-corrected chi connectivity index (χ4v) is 5.37. The van der Waals surface area contributed by atoms with Crippen molar-refractivity contribution in [3.05, 3.63) is 55.5 Å². The van der Waals surface area contributed by atoms with Crippen LogP contribution in [0.4, 0.5) is 0 Å². The highest BCUT2D eigenvalue weighted by molar-refractivity contribution is 7.18. The predicted octanol–water partition coefficient (Wildman–Crippen LogP) is 4.29. The van der Waals surface area contributed by atoms with Gasteiger partial charge in [-0.3, -0.25) is 9.36 Å². The van der Waals surface area contributed by atoms with Gasteiger partial charge in [-0.05, 0) is 68.9 Å². The van der Waals surface area contributed by atoms with Gasteiger partial charge in [0.15, 0.2) is 0 Å². The molecular formula is C22H26N2O3S. The van der Waals surface area contributed by atoms with Crippen LogP contribution in [0.5, 0.6) is 5.75 Å². The Labute approximate surface area is 168 Å². The van der Waals surface area contributed by atoms with E-state index in [4.69, 9.17) is 4.74 Å². The van der Waals surface area contributed by atoms with Crippen molar-refractivity contribution in [2.24, 2.45) is 0 Å². The number of thiophene rings is 1. The molecule has 2 aromatic heterocycles. The van der Waals surface area contributed by atoms with E-state index in [-0.39, 0.29) is 11.2 Å². The summed E-state index contributed by atoms with van der Waals surface area (Å²) in [5, 5.41) is 0.754. The van der Waals surface area contributed by atoms with Gasteiger partial charge in [-0.25, -0.2) is 9.36 Å². The Morgan fingerprint density at radius 1 is 1.07 bits per heavy atom. The van der Waals surface area contributed by atoms with Crippen LogP contribution in [-0.4, -0.2) is 15.7 Å². The van der Waals surface area contributed by atoms with Gasteiger partial charge in [0.2, 0.25) is 0 Å². The van der Waals surface area contributed by atoms with Crippen LogP contribution in [0.25, 0.3) is 15.9 Å². The number of aryl methyl sites for hydroxylation is 3. The largest absolute Gasteiger partial charge is 0.494 e. The number of nitrogens with zero attached hydrogens (tertiary/aromatic N) is 2. The maximum Gasteiger partial charge on any atom is 0.336 e. The SMILES string of the molecule is CCCCn1c(=O)n(-c2ccc(OCC)cc2)c(=O)c2c3c(sc21)CCCC3.